The quantitative estimate of drug-likeness (QED) is 0.562. The normalized spacial score (nSPS) is 14.8. The summed E-state index contributed by atoms with van der Waals surface area (Å²) in [6.07, 6.45) is 5.58. The molecule has 0 N–H and O–H groups in total. The summed E-state index contributed by atoms with van der Waals surface area (Å²) in [6, 6.07) is 4.01. The molecule has 1 aromatic heterocycles. The lowest BCUT2D eigenvalue weighted by Gasteiger charge is -1.97. The number of hydrogen-bond acceptors (Lipinski definition) is 1. The Bertz CT molecular complexity index is 320. The van der Waals surface area contributed by atoms with Crippen LogP contribution in [0.1, 0.15) is 5.69 Å². The molecule has 0 saturated carbocycles. The van der Waals surface area contributed by atoms with Gasteiger partial charge in [-0.15, -0.1) is 5.10 Å². The second-order valence-electron chi connectivity index (χ2n) is 2.42. The van der Waals surface area contributed by atoms with E-state index in [4.69, 9.17) is 0 Å². The van der Waals surface area contributed by atoms with Crippen molar-refractivity contribution < 1.29 is 0 Å². The zero-order valence-corrected chi connectivity index (χ0v) is 6.23. The summed E-state index contributed by atoms with van der Waals surface area (Å²) in [4.78, 5) is 0. The fourth-order valence-corrected chi connectivity index (χ4v) is 1.10. The van der Waals surface area contributed by atoms with Crippen molar-refractivity contribution in [2.45, 2.75) is 0 Å². The molecule has 0 amide bonds. The Morgan fingerprint density at radius 1 is 1.45 bits per heavy atom. The largest absolute Gasteiger partial charge is 0.349 e. The van der Waals surface area contributed by atoms with Crippen molar-refractivity contribution in [2.75, 3.05) is 0 Å². The van der Waals surface area contributed by atoms with Gasteiger partial charge < -0.3 is 4.57 Å². The lowest BCUT2D eigenvalue weighted by molar-refractivity contribution is 0.908. The highest BCUT2D eigenvalue weighted by Gasteiger charge is 2.06. The van der Waals surface area contributed by atoms with E-state index in [2.05, 4.69) is 10.5 Å². The predicted octanol–water partition coefficient (Wildman–Crippen LogP) is 0.861. The lowest BCUT2D eigenvalue weighted by atomic mass is 10.3. The second kappa shape index (κ2) is 2.27. The summed E-state index contributed by atoms with van der Waals surface area (Å²) in [5.41, 5.74) is 5.78. The van der Waals surface area contributed by atoms with Gasteiger partial charge >= 0.3 is 0 Å². The molecule has 2 heterocycles. The summed E-state index contributed by atoms with van der Waals surface area (Å²) in [5.74, 6) is 0. The van der Waals surface area contributed by atoms with Crippen LogP contribution in [0.2, 0.25) is 0 Å². The van der Waals surface area contributed by atoms with E-state index in [-0.39, 0.29) is 0 Å². The smallest absolute Gasteiger partial charge is 0.111 e. The van der Waals surface area contributed by atoms with E-state index in [1.807, 2.05) is 36.0 Å². The van der Waals surface area contributed by atoms with Gasteiger partial charge in [-0.25, -0.2) is 0 Å². The minimum atomic E-state index is 0.928. The molecule has 1 aliphatic rings. The first kappa shape index (κ1) is 6.22. The van der Waals surface area contributed by atoms with Crippen LogP contribution >= 0.6 is 0 Å². The Hall–Kier alpha value is -1.51. The van der Waals surface area contributed by atoms with Gasteiger partial charge in [0.25, 0.3) is 0 Å². The maximum atomic E-state index is 3.95. The fourth-order valence-electron chi connectivity index (χ4n) is 1.10. The standard InChI is InChI=1S/C8H8N3/c1-11-6-2-3-8(11)7-4-5-9-10-7/h2-6H,1H3. The third-order valence-corrected chi connectivity index (χ3v) is 1.67. The number of rotatable bonds is 1. The van der Waals surface area contributed by atoms with E-state index in [9.17, 15) is 0 Å². The van der Waals surface area contributed by atoms with Crippen LogP contribution in [0.3, 0.4) is 0 Å². The molecule has 3 nitrogen and oxygen atoms in total. The topological polar surface area (TPSA) is 31.4 Å². The van der Waals surface area contributed by atoms with Crippen LogP contribution in [0.4, 0.5) is 0 Å². The molecule has 3 heteroatoms. The van der Waals surface area contributed by atoms with Crippen LogP contribution in [-0.4, -0.2) is 10.3 Å². The van der Waals surface area contributed by atoms with Crippen LogP contribution in [0.15, 0.2) is 35.7 Å². The molecule has 0 aliphatic carbocycles. The molecule has 1 aliphatic heterocycles. The zero-order chi connectivity index (χ0) is 7.68. The first-order chi connectivity index (χ1) is 5.38. The van der Waals surface area contributed by atoms with E-state index in [0.717, 1.165) is 11.4 Å². The monoisotopic (exact) mass is 146 g/mol. The third kappa shape index (κ3) is 0.941. The third-order valence-electron chi connectivity index (χ3n) is 1.67. The summed E-state index contributed by atoms with van der Waals surface area (Å²) >= 11 is 0. The first-order valence-electron chi connectivity index (χ1n) is 3.44. The number of nitrogens with zero attached hydrogens (tertiary/aromatic N) is 3. The van der Waals surface area contributed by atoms with Gasteiger partial charge in [-0.3, -0.25) is 0 Å². The van der Waals surface area contributed by atoms with Crippen LogP contribution in [0, 0.1) is 0 Å². The zero-order valence-electron chi connectivity index (χ0n) is 6.23. The lowest BCUT2D eigenvalue weighted by Crippen LogP contribution is -2.01. The van der Waals surface area contributed by atoms with E-state index in [1.165, 1.54) is 0 Å². The maximum Gasteiger partial charge on any atom is 0.111 e. The Morgan fingerprint density at radius 3 is 2.91 bits per heavy atom. The average Bonchev–Trinajstić information content (AvgIpc) is 2.55. The highest BCUT2D eigenvalue weighted by atomic mass is 15.3. The minimum Gasteiger partial charge on any atom is -0.349 e. The van der Waals surface area contributed by atoms with Gasteiger partial charge in [-0.2, -0.15) is 5.43 Å². The number of aromatic nitrogens is 1. The molecule has 11 heavy (non-hydrogen) atoms. The molecule has 0 bridgehead atoms. The summed E-state index contributed by atoms with van der Waals surface area (Å²) in [6.45, 7) is 0. The van der Waals surface area contributed by atoms with Crippen molar-refractivity contribution in [1.29, 1.82) is 0 Å². The van der Waals surface area contributed by atoms with Crippen LogP contribution in [0.5, 0.6) is 0 Å². The molecular formula is C8H8N3. The molecular weight excluding hydrogens is 138 g/mol. The van der Waals surface area contributed by atoms with Crippen molar-refractivity contribution in [3.63, 3.8) is 0 Å². The summed E-state index contributed by atoms with van der Waals surface area (Å²) in [7, 11) is 1.99. The predicted molar refractivity (Wildman–Crippen MR) is 43.2 cm³/mol. The summed E-state index contributed by atoms with van der Waals surface area (Å²) < 4.78 is 2.02. The molecule has 0 atom stereocenters. The highest BCUT2D eigenvalue weighted by Crippen LogP contribution is 2.05. The van der Waals surface area contributed by atoms with Gasteiger partial charge in [0.2, 0.25) is 0 Å². The van der Waals surface area contributed by atoms with Gasteiger partial charge in [-0.1, -0.05) is 0 Å². The van der Waals surface area contributed by atoms with Crippen LogP contribution in [-0.2, 0) is 7.05 Å². The van der Waals surface area contributed by atoms with Crippen molar-refractivity contribution >= 4 is 5.71 Å². The van der Waals surface area contributed by atoms with Gasteiger partial charge in [0, 0.05) is 13.2 Å². The van der Waals surface area contributed by atoms with Crippen LogP contribution in [0.25, 0.3) is 0 Å². The first-order valence-corrected chi connectivity index (χ1v) is 3.44. The SMILES string of the molecule is Cn1cccc1C1=N[N]C=C1. The van der Waals surface area contributed by atoms with Gasteiger partial charge in [-0.05, 0) is 18.2 Å². The fraction of sp³-hybridized carbons (Fsp3) is 0.125. The van der Waals surface area contributed by atoms with E-state index >= 15 is 0 Å². The van der Waals surface area contributed by atoms with Crippen molar-refractivity contribution in [3.05, 3.63) is 36.3 Å². The van der Waals surface area contributed by atoms with Gasteiger partial charge in [0.05, 0.1) is 11.9 Å². The molecule has 1 aromatic rings. The second-order valence-corrected chi connectivity index (χ2v) is 2.42. The molecule has 2 rings (SSSR count). The molecule has 0 fully saturated rings. The van der Waals surface area contributed by atoms with E-state index in [0.29, 0.717) is 0 Å². The molecule has 0 saturated heterocycles. The Labute approximate surface area is 65.0 Å². The molecule has 0 unspecified atom stereocenters. The Morgan fingerprint density at radius 2 is 2.36 bits per heavy atom. The Kier molecular flexibility index (Phi) is 1.28. The van der Waals surface area contributed by atoms with Gasteiger partial charge in [0.1, 0.15) is 5.71 Å². The molecule has 0 aromatic carbocycles. The molecule has 55 valence electrons. The number of hydrogen-bond donors (Lipinski definition) is 0. The summed E-state index contributed by atoms with van der Waals surface area (Å²) in [5, 5.41) is 3.95. The maximum absolute atomic E-state index is 3.95. The number of allylic oxidation sites excluding steroid dienone is 1. The van der Waals surface area contributed by atoms with Crippen LogP contribution < -0.4 is 5.43 Å². The van der Waals surface area contributed by atoms with Crippen molar-refractivity contribution in [1.82, 2.24) is 9.99 Å². The van der Waals surface area contributed by atoms with Crippen molar-refractivity contribution in [3.8, 4) is 0 Å². The highest BCUT2D eigenvalue weighted by molar-refractivity contribution is 6.08. The molecule has 0 spiro atoms. The van der Waals surface area contributed by atoms with E-state index in [1.54, 1.807) is 6.20 Å². The van der Waals surface area contributed by atoms with Crippen molar-refractivity contribution in [2.24, 2.45) is 12.1 Å². The van der Waals surface area contributed by atoms with E-state index < -0.39 is 0 Å². The molecule has 1 radical (unpaired) electrons. The van der Waals surface area contributed by atoms with Gasteiger partial charge in [0.15, 0.2) is 0 Å². The minimum absolute atomic E-state index is 0.928. The Balaban J connectivity index is 2.43. The average molecular weight is 146 g/mol. The number of aryl methyl sites for hydroxylation is 1.